The Morgan fingerprint density at radius 2 is 2.26 bits per heavy atom. The van der Waals surface area contributed by atoms with Crippen LogP contribution < -0.4 is 16.0 Å². The SMILES string of the molecule is CCOc1nc2c(nc(N)n2C2OC(CO)C(O)C2F)c(=O)[nH]1. The summed E-state index contributed by atoms with van der Waals surface area (Å²) in [5, 5.41) is 18.8. The molecule has 2 aromatic rings. The van der Waals surface area contributed by atoms with Crippen LogP contribution in [0.15, 0.2) is 4.79 Å². The van der Waals surface area contributed by atoms with Crippen molar-refractivity contribution in [3.8, 4) is 6.01 Å². The summed E-state index contributed by atoms with van der Waals surface area (Å²) < 4.78 is 25.8. The number of hydrogen-bond acceptors (Lipinski definition) is 8. The average molecular weight is 329 g/mol. The van der Waals surface area contributed by atoms with Gasteiger partial charge in [-0.15, -0.1) is 0 Å². The number of nitrogen functional groups attached to an aromatic ring is 1. The Bertz CT molecular complexity index is 777. The number of nitrogens with two attached hydrogens (primary N) is 1. The van der Waals surface area contributed by atoms with Crippen LogP contribution >= 0.6 is 0 Å². The number of aromatic amines is 1. The maximum atomic E-state index is 14.3. The van der Waals surface area contributed by atoms with E-state index in [0.717, 1.165) is 4.57 Å². The van der Waals surface area contributed by atoms with Crippen LogP contribution in [0.3, 0.4) is 0 Å². The van der Waals surface area contributed by atoms with E-state index in [1.165, 1.54) is 0 Å². The number of aromatic nitrogens is 4. The number of anilines is 1. The molecule has 0 amide bonds. The van der Waals surface area contributed by atoms with E-state index in [9.17, 15) is 14.3 Å². The van der Waals surface area contributed by atoms with Crippen LogP contribution in [0.1, 0.15) is 13.2 Å². The summed E-state index contributed by atoms with van der Waals surface area (Å²) in [7, 11) is 0. The Morgan fingerprint density at radius 3 is 2.87 bits per heavy atom. The van der Waals surface area contributed by atoms with Gasteiger partial charge in [0, 0.05) is 0 Å². The second-order valence-electron chi connectivity index (χ2n) is 5.00. The van der Waals surface area contributed by atoms with E-state index in [0.29, 0.717) is 0 Å². The Balaban J connectivity index is 2.14. The first-order valence-electron chi connectivity index (χ1n) is 6.96. The molecule has 1 aliphatic heterocycles. The number of halogens is 1. The van der Waals surface area contributed by atoms with Crippen LogP contribution in [0.5, 0.6) is 6.01 Å². The second-order valence-corrected chi connectivity index (χ2v) is 5.00. The minimum absolute atomic E-state index is 0.0341. The van der Waals surface area contributed by atoms with Crippen molar-refractivity contribution in [1.82, 2.24) is 19.5 Å². The maximum absolute atomic E-state index is 14.3. The standard InChI is InChI=1S/C12H16FN5O5/c1-2-22-12-16-8-6(9(21)17-12)15-11(14)18(8)10-5(13)7(20)4(3-19)23-10/h4-5,7,10,19-20H,2-3H2,1H3,(H2,14,15)(H,16,17,21). The predicted molar refractivity (Wildman–Crippen MR) is 75.6 cm³/mol. The van der Waals surface area contributed by atoms with Gasteiger partial charge in [-0.05, 0) is 6.92 Å². The predicted octanol–water partition coefficient (Wildman–Crippen LogP) is -1.31. The summed E-state index contributed by atoms with van der Waals surface area (Å²) >= 11 is 0. The molecule has 0 aliphatic carbocycles. The molecule has 0 bridgehead atoms. The van der Waals surface area contributed by atoms with Gasteiger partial charge >= 0.3 is 0 Å². The number of rotatable bonds is 4. The lowest BCUT2D eigenvalue weighted by Crippen LogP contribution is -2.30. The highest BCUT2D eigenvalue weighted by Crippen LogP contribution is 2.35. The summed E-state index contributed by atoms with van der Waals surface area (Å²) in [6, 6.07) is -0.0705. The summed E-state index contributed by atoms with van der Waals surface area (Å²) in [5.74, 6) is -0.204. The quantitative estimate of drug-likeness (QED) is 0.540. The van der Waals surface area contributed by atoms with Gasteiger partial charge in [-0.25, -0.2) is 9.37 Å². The normalized spacial score (nSPS) is 27.7. The molecule has 23 heavy (non-hydrogen) atoms. The van der Waals surface area contributed by atoms with Gasteiger partial charge < -0.3 is 25.4 Å². The second kappa shape index (κ2) is 5.76. The van der Waals surface area contributed by atoms with E-state index in [2.05, 4.69) is 15.0 Å². The Hall–Kier alpha value is -2.24. The van der Waals surface area contributed by atoms with Crippen molar-refractivity contribution in [3.63, 3.8) is 0 Å². The van der Waals surface area contributed by atoms with Gasteiger partial charge in [-0.3, -0.25) is 14.3 Å². The number of nitrogens with one attached hydrogen (secondary N) is 1. The number of nitrogens with zero attached hydrogens (tertiary/aromatic N) is 3. The molecule has 0 saturated carbocycles. The third-order valence-corrected chi connectivity index (χ3v) is 3.57. The first-order chi connectivity index (χ1) is 11.0. The fraction of sp³-hybridized carbons (Fsp3) is 0.583. The van der Waals surface area contributed by atoms with E-state index in [1.807, 2.05) is 0 Å². The average Bonchev–Trinajstić information content (AvgIpc) is 2.98. The van der Waals surface area contributed by atoms with Crippen LogP contribution in [-0.4, -0.2) is 61.3 Å². The highest BCUT2D eigenvalue weighted by atomic mass is 19.1. The number of H-pyrrole nitrogens is 1. The van der Waals surface area contributed by atoms with Crippen LogP contribution in [0.25, 0.3) is 11.2 Å². The lowest BCUT2D eigenvalue weighted by Gasteiger charge is -2.16. The topological polar surface area (TPSA) is 149 Å². The maximum Gasteiger partial charge on any atom is 0.298 e. The van der Waals surface area contributed by atoms with Crippen molar-refractivity contribution in [2.45, 2.75) is 31.5 Å². The molecular weight excluding hydrogens is 313 g/mol. The van der Waals surface area contributed by atoms with Gasteiger partial charge in [0.25, 0.3) is 11.6 Å². The molecule has 126 valence electrons. The highest BCUT2D eigenvalue weighted by Gasteiger charge is 2.46. The Kier molecular flexibility index (Phi) is 3.92. The van der Waals surface area contributed by atoms with Gasteiger partial charge in [0.1, 0.15) is 12.2 Å². The van der Waals surface area contributed by atoms with Crippen molar-refractivity contribution >= 4 is 17.1 Å². The number of hydrogen-bond donors (Lipinski definition) is 4. The number of ether oxygens (including phenoxy) is 2. The Labute approximate surface area is 128 Å². The zero-order chi connectivity index (χ0) is 16.7. The fourth-order valence-corrected chi connectivity index (χ4v) is 2.50. The number of alkyl halides is 1. The zero-order valence-corrected chi connectivity index (χ0v) is 12.1. The van der Waals surface area contributed by atoms with E-state index in [-0.39, 0.29) is 29.7 Å². The molecule has 0 radical (unpaired) electrons. The van der Waals surface area contributed by atoms with Gasteiger partial charge in [0.15, 0.2) is 23.6 Å². The van der Waals surface area contributed by atoms with Crippen molar-refractivity contribution in [1.29, 1.82) is 0 Å². The smallest absolute Gasteiger partial charge is 0.298 e. The fourth-order valence-electron chi connectivity index (χ4n) is 2.50. The van der Waals surface area contributed by atoms with Crippen LogP contribution in [0, 0.1) is 0 Å². The molecule has 3 rings (SSSR count). The van der Waals surface area contributed by atoms with Crippen LogP contribution in [0.4, 0.5) is 10.3 Å². The molecule has 4 unspecified atom stereocenters. The van der Waals surface area contributed by atoms with Gasteiger partial charge in [0.2, 0.25) is 5.95 Å². The number of aliphatic hydroxyl groups excluding tert-OH is 2. The van der Waals surface area contributed by atoms with Crippen molar-refractivity contribution in [2.75, 3.05) is 18.9 Å². The Morgan fingerprint density at radius 1 is 1.52 bits per heavy atom. The first-order valence-corrected chi connectivity index (χ1v) is 6.96. The molecule has 1 saturated heterocycles. The summed E-state index contributed by atoms with van der Waals surface area (Å²) in [6.45, 7) is 1.40. The molecule has 4 atom stereocenters. The van der Waals surface area contributed by atoms with Crippen molar-refractivity contribution in [2.24, 2.45) is 0 Å². The lowest BCUT2D eigenvalue weighted by atomic mass is 10.1. The number of fused-ring (bicyclic) bond motifs is 1. The third kappa shape index (κ3) is 2.42. The molecule has 0 aromatic carbocycles. The lowest BCUT2D eigenvalue weighted by molar-refractivity contribution is -0.0451. The summed E-state index contributed by atoms with van der Waals surface area (Å²) in [6.07, 6.45) is -5.88. The van der Waals surface area contributed by atoms with E-state index in [1.54, 1.807) is 6.92 Å². The van der Waals surface area contributed by atoms with Crippen LogP contribution in [0.2, 0.25) is 0 Å². The van der Waals surface area contributed by atoms with Gasteiger partial charge in [0.05, 0.1) is 13.2 Å². The van der Waals surface area contributed by atoms with E-state index < -0.39 is 36.8 Å². The zero-order valence-electron chi connectivity index (χ0n) is 12.1. The molecule has 11 heteroatoms. The molecule has 1 aliphatic rings. The van der Waals surface area contributed by atoms with Gasteiger partial charge in [-0.2, -0.15) is 4.98 Å². The molecular formula is C12H16FN5O5. The monoisotopic (exact) mass is 329 g/mol. The molecule has 0 spiro atoms. The van der Waals surface area contributed by atoms with Crippen molar-refractivity contribution < 1.29 is 24.1 Å². The summed E-state index contributed by atoms with van der Waals surface area (Å²) in [4.78, 5) is 22.3. The summed E-state index contributed by atoms with van der Waals surface area (Å²) in [5.41, 5.74) is 5.01. The highest BCUT2D eigenvalue weighted by molar-refractivity contribution is 5.73. The number of aliphatic hydroxyl groups is 2. The largest absolute Gasteiger partial charge is 0.465 e. The first kappa shape index (κ1) is 15.6. The molecule has 3 heterocycles. The minimum atomic E-state index is -1.87. The molecule has 2 aromatic heterocycles. The molecule has 10 nitrogen and oxygen atoms in total. The van der Waals surface area contributed by atoms with Crippen LogP contribution in [-0.2, 0) is 4.74 Å². The van der Waals surface area contributed by atoms with Gasteiger partial charge in [-0.1, -0.05) is 0 Å². The van der Waals surface area contributed by atoms with Crippen molar-refractivity contribution in [3.05, 3.63) is 10.4 Å². The molecule has 5 N–H and O–H groups in total. The van der Waals surface area contributed by atoms with E-state index >= 15 is 0 Å². The third-order valence-electron chi connectivity index (χ3n) is 3.57. The van der Waals surface area contributed by atoms with E-state index in [4.69, 9.17) is 20.3 Å². The number of imidazole rings is 1. The minimum Gasteiger partial charge on any atom is -0.465 e. The molecule has 1 fully saturated rings.